The molecule has 4 heteroatoms. The number of nitrogens with zero attached hydrogens (tertiary/aromatic N) is 2. The van der Waals surface area contributed by atoms with E-state index in [2.05, 4.69) is 16.8 Å². The lowest BCUT2D eigenvalue weighted by Gasteiger charge is -2.32. The fraction of sp³-hybridized carbons (Fsp3) is 0.900. The average molecular weight is 200 g/mol. The number of piperazine rings is 1. The van der Waals surface area contributed by atoms with Gasteiger partial charge < -0.3 is 14.4 Å². The molecule has 0 unspecified atom stereocenters. The van der Waals surface area contributed by atoms with Crippen LogP contribution in [0.3, 0.4) is 0 Å². The molecule has 0 aromatic heterocycles. The summed E-state index contributed by atoms with van der Waals surface area (Å²) < 4.78 is 5.32. The molecule has 82 valence electrons. The number of likely N-dealkylation sites (N-methyl/N-ethyl adjacent to an activating group) is 1. The Morgan fingerprint density at radius 1 is 1.21 bits per heavy atom. The number of hydrogen-bond acceptors (Lipinski definition) is 4. The lowest BCUT2D eigenvalue weighted by atomic mass is 10.3. The van der Waals surface area contributed by atoms with Gasteiger partial charge in [-0.1, -0.05) is 0 Å². The summed E-state index contributed by atoms with van der Waals surface area (Å²) in [5, 5.41) is 0. The molecule has 0 saturated carbocycles. The Kier molecular flexibility index (Phi) is 5.75. The van der Waals surface area contributed by atoms with Gasteiger partial charge >= 0.3 is 0 Å². The molecule has 0 atom stereocenters. The zero-order valence-corrected chi connectivity index (χ0v) is 8.95. The van der Waals surface area contributed by atoms with Gasteiger partial charge in [-0.15, -0.1) is 0 Å². The van der Waals surface area contributed by atoms with Crippen LogP contribution in [0.25, 0.3) is 0 Å². The highest BCUT2D eigenvalue weighted by Gasteiger charge is 2.12. The van der Waals surface area contributed by atoms with Gasteiger partial charge in [-0.25, -0.2) is 0 Å². The number of carbonyl (C=O) groups excluding carboxylic acids is 1. The van der Waals surface area contributed by atoms with Gasteiger partial charge in [0, 0.05) is 39.1 Å². The normalized spacial score (nSPS) is 19.8. The Morgan fingerprint density at radius 2 is 1.93 bits per heavy atom. The molecular weight excluding hydrogens is 180 g/mol. The summed E-state index contributed by atoms with van der Waals surface area (Å²) in [5.41, 5.74) is 0. The first-order valence-corrected chi connectivity index (χ1v) is 5.25. The molecule has 0 bridgehead atoms. The van der Waals surface area contributed by atoms with Crippen LogP contribution in [0.4, 0.5) is 0 Å². The van der Waals surface area contributed by atoms with Crippen LogP contribution < -0.4 is 0 Å². The Morgan fingerprint density at radius 3 is 2.57 bits per heavy atom. The summed E-state index contributed by atoms with van der Waals surface area (Å²) >= 11 is 0. The third kappa shape index (κ3) is 4.69. The van der Waals surface area contributed by atoms with Gasteiger partial charge in [-0.2, -0.15) is 0 Å². The molecule has 0 aliphatic carbocycles. The van der Waals surface area contributed by atoms with Crippen molar-refractivity contribution in [2.24, 2.45) is 0 Å². The number of rotatable bonds is 6. The van der Waals surface area contributed by atoms with E-state index in [1.54, 1.807) is 0 Å². The molecular formula is C10H20N2O2. The van der Waals surface area contributed by atoms with Crippen molar-refractivity contribution < 1.29 is 9.53 Å². The van der Waals surface area contributed by atoms with Crippen LogP contribution in [-0.2, 0) is 9.53 Å². The Labute approximate surface area is 85.8 Å². The van der Waals surface area contributed by atoms with Crippen molar-refractivity contribution >= 4 is 6.29 Å². The minimum atomic E-state index is 0.517. The summed E-state index contributed by atoms with van der Waals surface area (Å²) in [6.07, 6.45) is 1.42. The van der Waals surface area contributed by atoms with Gasteiger partial charge in [0.1, 0.15) is 6.29 Å². The fourth-order valence-corrected chi connectivity index (χ4v) is 1.50. The lowest BCUT2D eigenvalue weighted by molar-refractivity contribution is -0.108. The average Bonchev–Trinajstić information content (AvgIpc) is 2.21. The first-order chi connectivity index (χ1) is 6.83. The fourth-order valence-electron chi connectivity index (χ4n) is 1.50. The molecule has 1 aliphatic heterocycles. The second-order valence-electron chi connectivity index (χ2n) is 3.71. The molecule has 1 heterocycles. The second-order valence-corrected chi connectivity index (χ2v) is 3.71. The molecule has 1 rings (SSSR count). The van der Waals surface area contributed by atoms with E-state index in [1.807, 2.05) is 0 Å². The van der Waals surface area contributed by atoms with E-state index in [0.29, 0.717) is 13.0 Å². The van der Waals surface area contributed by atoms with Crippen LogP contribution >= 0.6 is 0 Å². The van der Waals surface area contributed by atoms with Gasteiger partial charge in [-0.05, 0) is 7.05 Å². The summed E-state index contributed by atoms with van der Waals surface area (Å²) in [6, 6.07) is 0. The zero-order chi connectivity index (χ0) is 10.2. The zero-order valence-electron chi connectivity index (χ0n) is 8.95. The summed E-state index contributed by atoms with van der Waals surface area (Å²) in [5.74, 6) is 0. The maximum atomic E-state index is 10.0. The molecule has 14 heavy (non-hydrogen) atoms. The van der Waals surface area contributed by atoms with E-state index in [9.17, 15) is 4.79 Å². The maximum Gasteiger partial charge on any atom is 0.122 e. The van der Waals surface area contributed by atoms with E-state index in [1.165, 1.54) is 0 Å². The lowest BCUT2D eigenvalue weighted by Crippen LogP contribution is -2.45. The Hall–Kier alpha value is -0.450. The van der Waals surface area contributed by atoms with Crippen molar-refractivity contribution in [3.8, 4) is 0 Å². The van der Waals surface area contributed by atoms with Gasteiger partial charge in [0.2, 0.25) is 0 Å². The first-order valence-electron chi connectivity index (χ1n) is 5.25. The van der Waals surface area contributed by atoms with Gasteiger partial charge in [0.15, 0.2) is 0 Å². The number of hydrogen-bond donors (Lipinski definition) is 0. The van der Waals surface area contributed by atoms with Crippen molar-refractivity contribution in [3.63, 3.8) is 0 Å². The summed E-state index contributed by atoms with van der Waals surface area (Å²) in [7, 11) is 2.15. The number of ether oxygens (including phenoxy) is 1. The predicted molar refractivity (Wildman–Crippen MR) is 55.4 cm³/mol. The molecule has 0 spiro atoms. The van der Waals surface area contributed by atoms with E-state index in [-0.39, 0.29) is 0 Å². The van der Waals surface area contributed by atoms with Crippen molar-refractivity contribution in [1.29, 1.82) is 0 Å². The van der Waals surface area contributed by atoms with Gasteiger partial charge in [-0.3, -0.25) is 4.90 Å². The monoisotopic (exact) mass is 200 g/mol. The predicted octanol–water partition coefficient (Wildman–Crippen LogP) is -0.161. The standard InChI is InChI=1S/C10H20N2O2/c1-11-3-5-12(6-4-11)7-10-14-9-2-8-13/h8H,2-7,9-10H2,1H3. The van der Waals surface area contributed by atoms with E-state index >= 15 is 0 Å². The highest BCUT2D eigenvalue weighted by atomic mass is 16.5. The highest BCUT2D eigenvalue weighted by molar-refractivity contribution is 5.49. The Balaban J connectivity index is 1.93. The van der Waals surface area contributed by atoms with Crippen molar-refractivity contribution in [2.45, 2.75) is 6.42 Å². The molecule has 1 aliphatic rings. The van der Waals surface area contributed by atoms with Crippen LogP contribution in [0, 0.1) is 0 Å². The van der Waals surface area contributed by atoms with E-state index in [4.69, 9.17) is 4.74 Å². The first kappa shape index (κ1) is 11.6. The quantitative estimate of drug-likeness (QED) is 0.440. The third-order valence-electron chi connectivity index (χ3n) is 2.53. The van der Waals surface area contributed by atoms with Crippen molar-refractivity contribution in [3.05, 3.63) is 0 Å². The minimum absolute atomic E-state index is 0.517. The minimum Gasteiger partial charge on any atom is -0.380 e. The summed E-state index contributed by atoms with van der Waals surface area (Å²) in [4.78, 5) is 14.8. The van der Waals surface area contributed by atoms with Crippen LogP contribution in [-0.4, -0.2) is 69.1 Å². The largest absolute Gasteiger partial charge is 0.380 e. The third-order valence-corrected chi connectivity index (χ3v) is 2.53. The van der Waals surface area contributed by atoms with Crippen LogP contribution in [0.2, 0.25) is 0 Å². The van der Waals surface area contributed by atoms with Crippen molar-refractivity contribution in [2.75, 3.05) is 53.0 Å². The second kappa shape index (κ2) is 6.92. The van der Waals surface area contributed by atoms with Gasteiger partial charge in [0.05, 0.1) is 13.2 Å². The van der Waals surface area contributed by atoms with Gasteiger partial charge in [0.25, 0.3) is 0 Å². The smallest absolute Gasteiger partial charge is 0.122 e. The molecule has 0 aromatic carbocycles. The molecule has 4 nitrogen and oxygen atoms in total. The topological polar surface area (TPSA) is 32.8 Å². The van der Waals surface area contributed by atoms with Crippen LogP contribution in [0.1, 0.15) is 6.42 Å². The van der Waals surface area contributed by atoms with E-state index < -0.39 is 0 Å². The SMILES string of the molecule is CN1CCN(CCOCCC=O)CC1. The number of carbonyl (C=O) groups is 1. The number of aldehydes is 1. The molecule has 0 amide bonds. The molecule has 0 N–H and O–H groups in total. The van der Waals surface area contributed by atoms with E-state index in [0.717, 1.165) is 45.6 Å². The molecule has 1 fully saturated rings. The molecule has 1 saturated heterocycles. The van der Waals surface area contributed by atoms with Crippen LogP contribution in [0.15, 0.2) is 0 Å². The Bertz CT molecular complexity index is 156. The summed E-state index contributed by atoms with van der Waals surface area (Å²) in [6.45, 7) is 6.87. The van der Waals surface area contributed by atoms with Crippen molar-refractivity contribution in [1.82, 2.24) is 9.80 Å². The highest BCUT2D eigenvalue weighted by Crippen LogP contribution is 1.98. The molecule has 0 radical (unpaired) electrons. The molecule has 0 aromatic rings. The maximum absolute atomic E-state index is 10.0. The van der Waals surface area contributed by atoms with Crippen LogP contribution in [0.5, 0.6) is 0 Å².